The van der Waals surface area contributed by atoms with Crippen LogP contribution in [0.5, 0.6) is 5.75 Å². The molecule has 1 aromatic heterocycles. The number of anilines is 1. The standard InChI is InChI=1S/C26H31N3O4/c1-5-32-19-13-11-18(12-14-19)23-22(25(31)33-6-2)24(30)28(16-15-17(3)4)26-27-20-9-7-8-10-21(20)29(23)26/h7-14,17,22-23H,5-6,15-16H2,1-4H3. The van der Waals surface area contributed by atoms with E-state index in [2.05, 4.69) is 13.8 Å². The van der Waals surface area contributed by atoms with Crippen LogP contribution in [0.3, 0.4) is 0 Å². The molecular formula is C26H31N3O4. The Morgan fingerprint density at radius 3 is 2.45 bits per heavy atom. The van der Waals surface area contributed by atoms with Crippen molar-refractivity contribution in [3.63, 3.8) is 0 Å². The third kappa shape index (κ3) is 4.32. The molecule has 4 rings (SSSR count). The summed E-state index contributed by atoms with van der Waals surface area (Å²) in [6.07, 6.45) is 0.804. The van der Waals surface area contributed by atoms with Crippen LogP contribution in [0.25, 0.3) is 11.0 Å². The molecule has 1 amide bonds. The number of amides is 1. The van der Waals surface area contributed by atoms with E-state index in [9.17, 15) is 9.59 Å². The van der Waals surface area contributed by atoms with Gasteiger partial charge in [-0.05, 0) is 56.0 Å². The molecule has 1 aliphatic rings. The number of carbonyl (C=O) groups excluding carboxylic acids is 2. The number of aromatic nitrogens is 2. The number of benzene rings is 2. The second-order valence-corrected chi connectivity index (χ2v) is 8.62. The van der Waals surface area contributed by atoms with E-state index in [1.54, 1.807) is 11.8 Å². The number of nitrogens with zero attached hydrogens (tertiary/aromatic N) is 3. The highest BCUT2D eigenvalue weighted by molar-refractivity contribution is 6.08. The van der Waals surface area contributed by atoms with Crippen LogP contribution in [-0.4, -0.2) is 41.2 Å². The van der Waals surface area contributed by atoms with Crippen molar-refractivity contribution in [3.05, 3.63) is 54.1 Å². The molecule has 0 bridgehead atoms. The van der Waals surface area contributed by atoms with Crippen LogP contribution in [0.2, 0.25) is 0 Å². The molecule has 33 heavy (non-hydrogen) atoms. The lowest BCUT2D eigenvalue weighted by Gasteiger charge is -2.38. The van der Waals surface area contributed by atoms with Crippen LogP contribution in [0.4, 0.5) is 5.95 Å². The van der Waals surface area contributed by atoms with Crippen molar-refractivity contribution in [2.24, 2.45) is 11.8 Å². The molecule has 0 aliphatic carbocycles. The zero-order chi connectivity index (χ0) is 23.5. The van der Waals surface area contributed by atoms with Gasteiger partial charge in [-0.25, -0.2) is 4.98 Å². The van der Waals surface area contributed by atoms with E-state index in [1.165, 1.54) is 0 Å². The number of hydrogen-bond acceptors (Lipinski definition) is 5. The second kappa shape index (κ2) is 9.65. The van der Waals surface area contributed by atoms with Crippen molar-refractivity contribution in [2.45, 2.75) is 40.2 Å². The highest BCUT2D eigenvalue weighted by Crippen LogP contribution is 2.41. The Balaban J connectivity index is 1.91. The SMILES string of the molecule is CCOC(=O)C1C(=O)N(CCC(C)C)c2nc3ccccc3n2C1c1ccc(OCC)cc1. The maximum atomic E-state index is 13.8. The molecule has 0 saturated heterocycles. The van der Waals surface area contributed by atoms with E-state index >= 15 is 0 Å². The molecule has 0 spiro atoms. The van der Waals surface area contributed by atoms with Gasteiger partial charge in [0.25, 0.3) is 0 Å². The number of imidazole rings is 1. The summed E-state index contributed by atoms with van der Waals surface area (Å²) in [5, 5.41) is 0. The lowest BCUT2D eigenvalue weighted by Crippen LogP contribution is -2.50. The number of ether oxygens (including phenoxy) is 2. The predicted octanol–water partition coefficient (Wildman–Crippen LogP) is 4.60. The Kier molecular flexibility index (Phi) is 6.67. The molecule has 3 aromatic rings. The summed E-state index contributed by atoms with van der Waals surface area (Å²) in [6, 6.07) is 14.8. The van der Waals surface area contributed by atoms with E-state index < -0.39 is 17.9 Å². The molecular weight excluding hydrogens is 418 g/mol. The lowest BCUT2D eigenvalue weighted by molar-refractivity contribution is -0.153. The fourth-order valence-corrected chi connectivity index (χ4v) is 4.38. The lowest BCUT2D eigenvalue weighted by atomic mass is 9.89. The Morgan fingerprint density at radius 2 is 1.79 bits per heavy atom. The second-order valence-electron chi connectivity index (χ2n) is 8.62. The Labute approximate surface area is 194 Å². The first-order chi connectivity index (χ1) is 16.0. The predicted molar refractivity (Wildman–Crippen MR) is 127 cm³/mol. The monoisotopic (exact) mass is 449 g/mol. The van der Waals surface area contributed by atoms with E-state index in [1.807, 2.05) is 60.0 Å². The molecule has 2 aromatic carbocycles. The first-order valence-corrected chi connectivity index (χ1v) is 11.6. The van der Waals surface area contributed by atoms with Crippen molar-refractivity contribution in [1.82, 2.24) is 9.55 Å². The van der Waals surface area contributed by atoms with Crippen molar-refractivity contribution >= 4 is 28.9 Å². The van der Waals surface area contributed by atoms with Crippen molar-refractivity contribution < 1.29 is 19.1 Å². The van der Waals surface area contributed by atoms with Gasteiger partial charge in [0, 0.05) is 6.54 Å². The van der Waals surface area contributed by atoms with Gasteiger partial charge >= 0.3 is 5.97 Å². The third-order valence-corrected chi connectivity index (χ3v) is 5.95. The van der Waals surface area contributed by atoms with Crippen molar-refractivity contribution in [3.8, 4) is 5.75 Å². The van der Waals surface area contributed by atoms with Crippen LogP contribution in [0.1, 0.15) is 45.7 Å². The number of rotatable bonds is 8. The van der Waals surface area contributed by atoms with E-state index in [-0.39, 0.29) is 12.5 Å². The first-order valence-electron chi connectivity index (χ1n) is 11.6. The normalized spacial score (nSPS) is 18.0. The minimum absolute atomic E-state index is 0.210. The smallest absolute Gasteiger partial charge is 0.321 e. The van der Waals surface area contributed by atoms with E-state index in [0.717, 1.165) is 28.8 Å². The summed E-state index contributed by atoms with van der Waals surface area (Å²) in [5.41, 5.74) is 2.50. The zero-order valence-corrected chi connectivity index (χ0v) is 19.7. The van der Waals surface area contributed by atoms with E-state index in [4.69, 9.17) is 14.5 Å². The molecule has 2 atom stereocenters. The molecule has 1 aliphatic heterocycles. The van der Waals surface area contributed by atoms with Gasteiger partial charge in [0.05, 0.1) is 30.3 Å². The number of para-hydroxylation sites is 2. The Hall–Kier alpha value is -3.35. The van der Waals surface area contributed by atoms with Crippen molar-refractivity contribution in [1.29, 1.82) is 0 Å². The van der Waals surface area contributed by atoms with Gasteiger partial charge in [-0.3, -0.25) is 14.5 Å². The minimum atomic E-state index is -1.000. The maximum Gasteiger partial charge on any atom is 0.321 e. The summed E-state index contributed by atoms with van der Waals surface area (Å²) in [7, 11) is 0. The summed E-state index contributed by atoms with van der Waals surface area (Å²) in [4.78, 5) is 33.5. The highest BCUT2D eigenvalue weighted by Gasteiger charge is 2.47. The quantitative estimate of drug-likeness (QED) is 0.371. The number of carbonyl (C=O) groups is 2. The zero-order valence-electron chi connectivity index (χ0n) is 19.7. The Morgan fingerprint density at radius 1 is 1.06 bits per heavy atom. The number of fused-ring (bicyclic) bond motifs is 3. The van der Waals surface area contributed by atoms with Crippen molar-refractivity contribution in [2.75, 3.05) is 24.7 Å². The van der Waals surface area contributed by atoms with Crippen LogP contribution >= 0.6 is 0 Å². The Bertz CT molecular complexity index is 1140. The number of esters is 1. The molecule has 7 nitrogen and oxygen atoms in total. The molecule has 0 fully saturated rings. The summed E-state index contributed by atoms with van der Waals surface area (Å²) >= 11 is 0. The van der Waals surface area contributed by atoms with Gasteiger partial charge in [-0.1, -0.05) is 38.1 Å². The van der Waals surface area contributed by atoms with Crippen LogP contribution in [-0.2, 0) is 14.3 Å². The highest BCUT2D eigenvalue weighted by atomic mass is 16.5. The van der Waals surface area contributed by atoms with Gasteiger partial charge in [0.15, 0.2) is 5.92 Å². The molecule has 174 valence electrons. The average Bonchev–Trinajstić information content (AvgIpc) is 3.17. The molecule has 2 unspecified atom stereocenters. The summed E-state index contributed by atoms with van der Waals surface area (Å²) < 4.78 is 13.0. The minimum Gasteiger partial charge on any atom is -0.494 e. The summed E-state index contributed by atoms with van der Waals surface area (Å²) in [5.74, 6) is -0.0672. The first kappa shape index (κ1) is 22.8. The van der Waals surface area contributed by atoms with E-state index in [0.29, 0.717) is 25.0 Å². The largest absolute Gasteiger partial charge is 0.494 e. The van der Waals surface area contributed by atoms with Gasteiger partial charge in [-0.15, -0.1) is 0 Å². The molecule has 0 N–H and O–H groups in total. The van der Waals surface area contributed by atoms with Crippen LogP contribution in [0.15, 0.2) is 48.5 Å². The molecule has 7 heteroatoms. The average molecular weight is 450 g/mol. The van der Waals surface area contributed by atoms with Crippen LogP contribution < -0.4 is 9.64 Å². The molecule has 2 heterocycles. The van der Waals surface area contributed by atoms with Gasteiger partial charge in [0.2, 0.25) is 11.9 Å². The fourth-order valence-electron chi connectivity index (χ4n) is 4.38. The number of hydrogen-bond donors (Lipinski definition) is 0. The topological polar surface area (TPSA) is 73.7 Å². The van der Waals surface area contributed by atoms with Gasteiger partial charge < -0.3 is 14.0 Å². The van der Waals surface area contributed by atoms with Gasteiger partial charge in [0.1, 0.15) is 5.75 Å². The molecule has 0 saturated carbocycles. The maximum absolute atomic E-state index is 13.8. The molecule has 0 radical (unpaired) electrons. The summed E-state index contributed by atoms with van der Waals surface area (Å²) in [6.45, 7) is 9.18. The van der Waals surface area contributed by atoms with Crippen LogP contribution in [0, 0.1) is 11.8 Å². The third-order valence-electron chi connectivity index (χ3n) is 5.95. The fraction of sp³-hybridized carbons (Fsp3) is 0.423. The van der Waals surface area contributed by atoms with Gasteiger partial charge in [-0.2, -0.15) is 0 Å².